The highest BCUT2D eigenvalue weighted by molar-refractivity contribution is 7.86. The topological polar surface area (TPSA) is 20.3 Å². The number of rotatable bonds is 5. The molecule has 2 fully saturated rings. The number of aryl methyl sites for hydroxylation is 1. The van der Waals surface area contributed by atoms with Gasteiger partial charge in [-0.3, -0.25) is 4.21 Å². The van der Waals surface area contributed by atoms with Gasteiger partial charge in [0.15, 0.2) is 0 Å². The van der Waals surface area contributed by atoms with Gasteiger partial charge < -0.3 is 4.90 Å². The molecule has 1 aromatic rings. The van der Waals surface area contributed by atoms with Crippen LogP contribution in [-0.2, 0) is 17.2 Å². The minimum atomic E-state index is -2.38. The first kappa shape index (κ1) is 15.1. The third kappa shape index (κ3) is 3.51. The standard InChI is InChI=1S/C16H21F2NOS/c17-15(18)14-5-3-13(4-6-14)2-1-8-19-9-7-16(10-19)11-21(20)12-16/h3-6,15H,1-2,7-12H2. The van der Waals surface area contributed by atoms with E-state index in [1.165, 1.54) is 18.6 Å². The minimum absolute atomic E-state index is 0.0956. The summed E-state index contributed by atoms with van der Waals surface area (Å²) in [5.41, 5.74) is 1.57. The van der Waals surface area contributed by atoms with E-state index >= 15 is 0 Å². The molecule has 1 aromatic carbocycles. The lowest BCUT2D eigenvalue weighted by Crippen LogP contribution is -2.46. The van der Waals surface area contributed by atoms with Crippen LogP contribution >= 0.6 is 0 Å². The average Bonchev–Trinajstić information content (AvgIpc) is 2.83. The highest BCUT2D eigenvalue weighted by atomic mass is 32.2. The van der Waals surface area contributed by atoms with Gasteiger partial charge in [0.1, 0.15) is 0 Å². The van der Waals surface area contributed by atoms with Crippen LogP contribution in [0.4, 0.5) is 8.78 Å². The summed E-state index contributed by atoms with van der Waals surface area (Å²) >= 11 is 0. The van der Waals surface area contributed by atoms with E-state index in [0.29, 0.717) is 5.41 Å². The summed E-state index contributed by atoms with van der Waals surface area (Å²) in [5.74, 6) is 1.77. The summed E-state index contributed by atoms with van der Waals surface area (Å²) in [6.45, 7) is 3.25. The molecule has 0 N–H and O–H groups in total. The van der Waals surface area contributed by atoms with Crippen LogP contribution in [0.3, 0.4) is 0 Å². The van der Waals surface area contributed by atoms with Crippen molar-refractivity contribution in [2.75, 3.05) is 31.1 Å². The highest BCUT2D eigenvalue weighted by Gasteiger charge is 2.47. The van der Waals surface area contributed by atoms with E-state index in [1.54, 1.807) is 0 Å². The van der Waals surface area contributed by atoms with E-state index in [-0.39, 0.29) is 5.56 Å². The number of hydrogen-bond donors (Lipinski definition) is 0. The van der Waals surface area contributed by atoms with Crippen molar-refractivity contribution in [1.29, 1.82) is 0 Å². The lowest BCUT2D eigenvalue weighted by atomic mass is 9.91. The predicted molar refractivity (Wildman–Crippen MR) is 81.1 cm³/mol. The number of benzene rings is 1. The lowest BCUT2D eigenvalue weighted by Gasteiger charge is -2.37. The van der Waals surface area contributed by atoms with Crippen LogP contribution in [0.2, 0.25) is 0 Å². The number of likely N-dealkylation sites (tertiary alicyclic amines) is 1. The smallest absolute Gasteiger partial charge is 0.263 e. The molecule has 0 amide bonds. The van der Waals surface area contributed by atoms with E-state index in [0.717, 1.165) is 49.5 Å². The molecule has 21 heavy (non-hydrogen) atoms. The first-order valence-corrected chi connectivity index (χ1v) is 8.99. The molecule has 0 aromatic heterocycles. The van der Waals surface area contributed by atoms with Gasteiger partial charge in [0.25, 0.3) is 6.43 Å². The molecule has 2 heterocycles. The van der Waals surface area contributed by atoms with Gasteiger partial charge in [0.2, 0.25) is 0 Å². The Bertz CT molecular complexity index is 510. The lowest BCUT2D eigenvalue weighted by molar-refractivity contribution is 0.151. The van der Waals surface area contributed by atoms with Crippen LogP contribution in [0.1, 0.15) is 30.4 Å². The first-order valence-electron chi connectivity index (χ1n) is 7.51. The van der Waals surface area contributed by atoms with E-state index in [9.17, 15) is 13.0 Å². The van der Waals surface area contributed by atoms with Crippen molar-refractivity contribution >= 4 is 10.8 Å². The largest absolute Gasteiger partial charge is 0.303 e. The molecule has 2 aliphatic heterocycles. The Labute approximate surface area is 127 Å². The summed E-state index contributed by atoms with van der Waals surface area (Å²) in [5, 5.41) is 0. The maximum atomic E-state index is 12.5. The van der Waals surface area contributed by atoms with Crippen molar-refractivity contribution in [3.63, 3.8) is 0 Å². The predicted octanol–water partition coefficient (Wildman–Crippen LogP) is 3.01. The Kier molecular flexibility index (Phi) is 4.41. The number of alkyl halides is 2. The van der Waals surface area contributed by atoms with E-state index in [1.807, 2.05) is 12.1 Å². The summed E-state index contributed by atoms with van der Waals surface area (Å²) in [6, 6.07) is 6.66. The molecular formula is C16H21F2NOS. The fourth-order valence-corrected chi connectivity index (χ4v) is 5.18. The fourth-order valence-electron chi connectivity index (χ4n) is 3.43. The Morgan fingerprint density at radius 3 is 2.57 bits per heavy atom. The summed E-state index contributed by atoms with van der Waals surface area (Å²) in [7, 11) is -0.566. The van der Waals surface area contributed by atoms with E-state index in [4.69, 9.17) is 0 Å². The van der Waals surface area contributed by atoms with Crippen molar-refractivity contribution in [2.24, 2.45) is 5.41 Å². The molecule has 0 atom stereocenters. The zero-order chi connectivity index (χ0) is 14.9. The van der Waals surface area contributed by atoms with Gasteiger partial charge in [-0.25, -0.2) is 8.78 Å². The average molecular weight is 313 g/mol. The zero-order valence-electron chi connectivity index (χ0n) is 12.1. The molecule has 2 saturated heterocycles. The number of halogens is 2. The maximum absolute atomic E-state index is 12.5. The van der Waals surface area contributed by atoms with Crippen LogP contribution < -0.4 is 0 Å². The third-order valence-corrected chi connectivity index (χ3v) is 6.49. The Balaban J connectivity index is 1.41. The molecule has 0 saturated carbocycles. The van der Waals surface area contributed by atoms with Crippen LogP contribution in [0.5, 0.6) is 0 Å². The number of hydrogen-bond acceptors (Lipinski definition) is 2. The van der Waals surface area contributed by atoms with E-state index in [2.05, 4.69) is 4.90 Å². The fraction of sp³-hybridized carbons (Fsp3) is 0.625. The van der Waals surface area contributed by atoms with Gasteiger partial charge >= 0.3 is 0 Å². The van der Waals surface area contributed by atoms with Gasteiger partial charge in [-0.2, -0.15) is 0 Å². The molecule has 2 nitrogen and oxygen atoms in total. The van der Waals surface area contributed by atoms with Crippen LogP contribution in [0.15, 0.2) is 24.3 Å². The monoisotopic (exact) mass is 313 g/mol. The van der Waals surface area contributed by atoms with Gasteiger partial charge in [0, 0.05) is 39.8 Å². The van der Waals surface area contributed by atoms with Crippen molar-refractivity contribution in [3.8, 4) is 0 Å². The Morgan fingerprint density at radius 1 is 1.24 bits per heavy atom. The van der Waals surface area contributed by atoms with Crippen molar-refractivity contribution < 1.29 is 13.0 Å². The molecule has 0 unspecified atom stereocenters. The second-order valence-corrected chi connectivity index (χ2v) is 7.86. The SMILES string of the molecule is O=S1CC2(CCN(CCCc3ccc(C(F)F)cc3)C2)C1. The molecule has 2 aliphatic rings. The first-order chi connectivity index (χ1) is 10.1. The van der Waals surface area contributed by atoms with E-state index < -0.39 is 17.2 Å². The van der Waals surface area contributed by atoms with Crippen LogP contribution in [0, 0.1) is 5.41 Å². The summed E-state index contributed by atoms with van der Waals surface area (Å²) in [6.07, 6.45) is 0.779. The molecule has 0 bridgehead atoms. The molecule has 5 heteroatoms. The van der Waals surface area contributed by atoms with Gasteiger partial charge in [-0.1, -0.05) is 24.3 Å². The summed E-state index contributed by atoms with van der Waals surface area (Å²) in [4.78, 5) is 2.46. The summed E-state index contributed by atoms with van der Waals surface area (Å²) < 4.78 is 36.2. The molecule has 0 aliphatic carbocycles. The van der Waals surface area contributed by atoms with Gasteiger partial charge in [-0.05, 0) is 37.9 Å². The third-order valence-electron chi connectivity index (χ3n) is 4.62. The Morgan fingerprint density at radius 2 is 1.95 bits per heavy atom. The molecule has 1 spiro atoms. The van der Waals surface area contributed by atoms with Crippen molar-refractivity contribution in [2.45, 2.75) is 25.7 Å². The maximum Gasteiger partial charge on any atom is 0.263 e. The highest BCUT2D eigenvalue weighted by Crippen LogP contribution is 2.39. The molecular weight excluding hydrogens is 292 g/mol. The minimum Gasteiger partial charge on any atom is -0.303 e. The Hall–Kier alpha value is -0.810. The van der Waals surface area contributed by atoms with Gasteiger partial charge in [0.05, 0.1) is 0 Å². The number of nitrogens with zero attached hydrogens (tertiary/aromatic N) is 1. The second kappa shape index (κ2) is 6.13. The normalized spacial score (nSPS) is 29.2. The van der Waals surface area contributed by atoms with Crippen molar-refractivity contribution in [3.05, 3.63) is 35.4 Å². The van der Waals surface area contributed by atoms with Crippen molar-refractivity contribution in [1.82, 2.24) is 4.90 Å². The van der Waals surface area contributed by atoms with Crippen LogP contribution in [0.25, 0.3) is 0 Å². The zero-order valence-corrected chi connectivity index (χ0v) is 12.9. The van der Waals surface area contributed by atoms with Gasteiger partial charge in [-0.15, -0.1) is 0 Å². The molecule has 0 radical (unpaired) electrons. The molecule has 3 rings (SSSR count). The van der Waals surface area contributed by atoms with Crippen LogP contribution in [-0.4, -0.2) is 40.2 Å². The quantitative estimate of drug-likeness (QED) is 0.833. The molecule has 116 valence electrons. The second-order valence-electron chi connectivity index (χ2n) is 6.40.